The topological polar surface area (TPSA) is 26.3 Å². The lowest BCUT2D eigenvalue weighted by molar-refractivity contribution is 0.618. The largest absolute Gasteiger partial charge is 0.463 e. The van der Waals surface area contributed by atoms with Crippen molar-refractivity contribution in [3.63, 3.8) is 0 Å². The maximum absolute atomic E-state index is 6.57. The lowest BCUT2D eigenvalue weighted by atomic mass is 9.84. The van der Waals surface area contributed by atoms with Gasteiger partial charge in [0.15, 0.2) is 0 Å². The van der Waals surface area contributed by atoms with Crippen LogP contribution in [0.1, 0.15) is 0 Å². The predicted molar refractivity (Wildman–Crippen MR) is 200 cm³/mol. The Balaban J connectivity index is 1.32. The molecule has 0 spiro atoms. The molecule has 10 rings (SSSR count). The zero-order valence-electron chi connectivity index (χ0n) is 26.0. The number of fused-ring (bicyclic) bond motifs is 6. The third-order valence-electron chi connectivity index (χ3n) is 9.76. The van der Waals surface area contributed by atoms with E-state index in [4.69, 9.17) is 8.83 Å². The highest BCUT2D eigenvalue weighted by molar-refractivity contribution is 6.28. The van der Waals surface area contributed by atoms with Crippen molar-refractivity contribution >= 4 is 54.5 Å². The fourth-order valence-corrected chi connectivity index (χ4v) is 7.74. The molecular formula is C46H28O2. The van der Waals surface area contributed by atoms with Crippen molar-refractivity contribution in [1.82, 2.24) is 0 Å². The quantitative estimate of drug-likeness (QED) is 0.185. The van der Waals surface area contributed by atoms with Gasteiger partial charge in [0, 0.05) is 32.8 Å². The second-order valence-corrected chi connectivity index (χ2v) is 12.4. The fourth-order valence-electron chi connectivity index (χ4n) is 7.74. The number of rotatable bonds is 4. The van der Waals surface area contributed by atoms with E-state index in [1.165, 1.54) is 43.8 Å². The van der Waals surface area contributed by atoms with Crippen LogP contribution in [0.5, 0.6) is 0 Å². The molecule has 48 heavy (non-hydrogen) atoms. The van der Waals surface area contributed by atoms with Crippen LogP contribution in [0, 0.1) is 0 Å². The van der Waals surface area contributed by atoms with Gasteiger partial charge in [-0.15, -0.1) is 0 Å². The summed E-state index contributed by atoms with van der Waals surface area (Å²) in [6.07, 6.45) is 1.90. The average Bonchev–Trinajstić information content (AvgIpc) is 3.77. The summed E-state index contributed by atoms with van der Waals surface area (Å²) in [5, 5.41) is 8.14. The summed E-state index contributed by atoms with van der Waals surface area (Å²) in [5.74, 6) is 0. The van der Waals surface area contributed by atoms with E-state index in [0.29, 0.717) is 0 Å². The lowest BCUT2D eigenvalue weighted by Gasteiger charge is -2.18. The predicted octanol–water partition coefficient (Wildman–Crippen LogP) is 13.3. The van der Waals surface area contributed by atoms with Gasteiger partial charge in [-0.25, -0.2) is 0 Å². The van der Waals surface area contributed by atoms with Gasteiger partial charge in [0.25, 0.3) is 0 Å². The normalized spacial score (nSPS) is 11.8. The Labute approximate surface area is 277 Å². The molecule has 0 amide bonds. The highest BCUT2D eigenvalue weighted by Crippen LogP contribution is 2.49. The van der Waals surface area contributed by atoms with Gasteiger partial charge in [0.05, 0.1) is 6.26 Å². The van der Waals surface area contributed by atoms with Crippen LogP contribution in [0.2, 0.25) is 0 Å². The number of hydrogen-bond donors (Lipinski definition) is 0. The molecule has 0 atom stereocenters. The molecule has 0 saturated carbocycles. The van der Waals surface area contributed by atoms with Gasteiger partial charge < -0.3 is 8.83 Å². The summed E-state index contributed by atoms with van der Waals surface area (Å²) >= 11 is 0. The first-order valence-corrected chi connectivity index (χ1v) is 16.3. The zero-order valence-corrected chi connectivity index (χ0v) is 26.0. The Morgan fingerprint density at radius 2 is 0.750 bits per heavy atom. The second-order valence-electron chi connectivity index (χ2n) is 12.4. The molecule has 0 radical (unpaired) electrons. The van der Waals surface area contributed by atoms with Crippen LogP contribution in [0.25, 0.3) is 99.0 Å². The molecule has 2 heteroatoms. The smallest absolute Gasteiger partial charge is 0.142 e. The van der Waals surface area contributed by atoms with Crippen molar-refractivity contribution in [2.45, 2.75) is 0 Å². The van der Waals surface area contributed by atoms with Crippen LogP contribution in [0.3, 0.4) is 0 Å². The molecule has 0 N–H and O–H groups in total. The van der Waals surface area contributed by atoms with Crippen LogP contribution < -0.4 is 0 Å². The average molecular weight is 613 g/mol. The first-order valence-electron chi connectivity index (χ1n) is 16.3. The Morgan fingerprint density at radius 3 is 1.35 bits per heavy atom. The monoisotopic (exact) mass is 612 g/mol. The first kappa shape index (κ1) is 26.8. The summed E-state index contributed by atoms with van der Waals surface area (Å²) in [6, 6.07) is 58.0. The summed E-state index contributed by atoms with van der Waals surface area (Å²) in [7, 11) is 0. The van der Waals surface area contributed by atoms with E-state index in [1.807, 2.05) is 12.3 Å². The zero-order chi connectivity index (χ0) is 31.6. The Morgan fingerprint density at radius 1 is 0.312 bits per heavy atom. The number of hydrogen-bond acceptors (Lipinski definition) is 2. The van der Waals surface area contributed by atoms with Gasteiger partial charge in [0.1, 0.15) is 16.7 Å². The van der Waals surface area contributed by atoms with Gasteiger partial charge in [-0.3, -0.25) is 0 Å². The van der Waals surface area contributed by atoms with Crippen LogP contribution in [-0.4, -0.2) is 0 Å². The third-order valence-corrected chi connectivity index (χ3v) is 9.76. The molecule has 0 aliphatic carbocycles. The number of benzene rings is 8. The minimum Gasteiger partial charge on any atom is -0.463 e. The maximum Gasteiger partial charge on any atom is 0.142 e. The van der Waals surface area contributed by atoms with E-state index in [1.54, 1.807) is 0 Å². The standard InChI is InChI=1S/C46H28O2/c1-3-14-29(15-4-1)31-22-12-26-40-44(31)45-37(24-13-27-41(45)48-40)42-32-18-7-9-20-34(32)43(35-21-10-8-19-33(35)42)38-25-11-23-36-39(28-47-46(36)38)30-16-5-2-6-17-30/h1-28H. The summed E-state index contributed by atoms with van der Waals surface area (Å²) in [4.78, 5) is 0. The molecule has 0 aliphatic rings. The molecule has 224 valence electrons. The fraction of sp³-hybridized carbons (Fsp3) is 0. The van der Waals surface area contributed by atoms with Crippen molar-refractivity contribution in [1.29, 1.82) is 0 Å². The molecule has 0 unspecified atom stereocenters. The molecule has 8 aromatic carbocycles. The minimum absolute atomic E-state index is 0.886. The summed E-state index contributed by atoms with van der Waals surface area (Å²) in [5.41, 5.74) is 11.9. The molecule has 0 bridgehead atoms. The minimum atomic E-state index is 0.886. The lowest BCUT2D eigenvalue weighted by Crippen LogP contribution is -1.92. The van der Waals surface area contributed by atoms with Crippen LogP contribution in [0.15, 0.2) is 179 Å². The summed E-state index contributed by atoms with van der Waals surface area (Å²) in [6.45, 7) is 0. The van der Waals surface area contributed by atoms with Gasteiger partial charge in [-0.05, 0) is 61.5 Å². The molecule has 2 heterocycles. The van der Waals surface area contributed by atoms with Gasteiger partial charge in [0.2, 0.25) is 0 Å². The molecule has 10 aromatic rings. The second kappa shape index (κ2) is 10.6. The van der Waals surface area contributed by atoms with E-state index < -0.39 is 0 Å². The van der Waals surface area contributed by atoms with Gasteiger partial charge in [-0.2, -0.15) is 0 Å². The van der Waals surface area contributed by atoms with Crippen molar-refractivity contribution in [2.75, 3.05) is 0 Å². The molecule has 0 saturated heterocycles. The van der Waals surface area contributed by atoms with E-state index in [9.17, 15) is 0 Å². The van der Waals surface area contributed by atoms with E-state index >= 15 is 0 Å². The molecule has 0 fully saturated rings. The molecular weight excluding hydrogens is 585 g/mol. The molecule has 0 aliphatic heterocycles. The van der Waals surface area contributed by atoms with Crippen molar-refractivity contribution in [3.05, 3.63) is 170 Å². The SMILES string of the molecule is c1ccc(-c2coc3c(-c4c5ccccc5c(-c5cccc6oc7cccc(-c8ccccc8)c7c56)c5ccccc45)cccc23)cc1. The molecule has 2 aromatic heterocycles. The highest BCUT2D eigenvalue weighted by atomic mass is 16.3. The first-order chi connectivity index (χ1) is 23.8. The number of para-hydroxylation sites is 1. The van der Waals surface area contributed by atoms with Gasteiger partial charge in [-0.1, -0.05) is 152 Å². The number of furan rings is 2. The van der Waals surface area contributed by atoms with E-state index in [0.717, 1.165) is 55.2 Å². The van der Waals surface area contributed by atoms with Crippen molar-refractivity contribution < 1.29 is 8.83 Å². The highest BCUT2D eigenvalue weighted by Gasteiger charge is 2.23. The Bertz CT molecular complexity index is 2760. The third kappa shape index (κ3) is 3.93. The van der Waals surface area contributed by atoms with Crippen LogP contribution >= 0.6 is 0 Å². The summed E-state index contributed by atoms with van der Waals surface area (Å²) < 4.78 is 13.0. The van der Waals surface area contributed by atoms with Gasteiger partial charge >= 0.3 is 0 Å². The Hall–Kier alpha value is -6.38. The van der Waals surface area contributed by atoms with E-state index in [2.05, 4.69) is 158 Å². The van der Waals surface area contributed by atoms with E-state index in [-0.39, 0.29) is 0 Å². The Kier molecular flexibility index (Phi) is 5.91. The molecule has 2 nitrogen and oxygen atoms in total. The maximum atomic E-state index is 6.57. The van der Waals surface area contributed by atoms with Crippen LogP contribution in [0.4, 0.5) is 0 Å². The van der Waals surface area contributed by atoms with Crippen LogP contribution in [-0.2, 0) is 0 Å². The van der Waals surface area contributed by atoms with Crippen molar-refractivity contribution in [2.24, 2.45) is 0 Å². The van der Waals surface area contributed by atoms with Crippen molar-refractivity contribution in [3.8, 4) is 44.5 Å².